The summed E-state index contributed by atoms with van der Waals surface area (Å²) >= 11 is 0. The zero-order chi connectivity index (χ0) is 21.7. The average Bonchev–Trinajstić information content (AvgIpc) is 3.36. The summed E-state index contributed by atoms with van der Waals surface area (Å²) in [5.74, 6) is -0.524. The molecule has 0 fully saturated rings. The van der Waals surface area contributed by atoms with Gasteiger partial charge in [-0.1, -0.05) is 12.1 Å². The Morgan fingerprint density at radius 1 is 1.20 bits per heavy atom. The predicted molar refractivity (Wildman–Crippen MR) is 107 cm³/mol. The van der Waals surface area contributed by atoms with Gasteiger partial charge in [0.05, 0.1) is 17.0 Å². The number of halogens is 2. The number of aromatic nitrogens is 3. The first-order valence-corrected chi connectivity index (χ1v) is 10.8. The van der Waals surface area contributed by atoms with Gasteiger partial charge in [-0.25, -0.2) is 8.42 Å². The fraction of sp³-hybridized carbons (Fsp3) is 0.316. The van der Waals surface area contributed by atoms with Gasteiger partial charge >= 0.3 is 6.43 Å². The number of pyridine rings is 1. The quantitative estimate of drug-likeness (QED) is 0.652. The monoisotopic (exact) mass is 437 g/mol. The molecule has 3 aromatic rings. The third kappa shape index (κ3) is 5.36. The van der Waals surface area contributed by atoms with Crippen LogP contribution in [-0.2, 0) is 23.1 Å². The number of hydrogen-bond acceptors (Lipinski definition) is 7. The van der Waals surface area contributed by atoms with E-state index >= 15 is 0 Å². The summed E-state index contributed by atoms with van der Waals surface area (Å²) in [6.45, 7) is 3.33. The summed E-state index contributed by atoms with van der Waals surface area (Å²) in [6.07, 6.45) is 0.282. The van der Waals surface area contributed by atoms with E-state index in [0.29, 0.717) is 5.56 Å². The standard InChI is InChI=1S/C11H16N2O2S.C8H5F2N3O/c1-3-16(14,15)12-11-6-4-5-9-7-13(2)8-10(9)11;9-6(10)8-13-12-7(14-8)5-2-1-3-11-4-5/h4-6,12H,3,7-8H2,1-2H3;1-4,6H. The Bertz CT molecular complexity index is 1090. The number of hydrogen-bond donors (Lipinski definition) is 1. The SMILES string of the molecule is CCS(=O)(=O)Nc1cccc2c1CN(C)C2.FC(F)c1nnc(-c2cccnc2)o1. The number of sulfonamides is 1. The second kappa shape index (κ2) is 9.26. The molecule has 3 heterocycles. The van der Waals surface area contributed by atoms with Crippen molar-refractivity contribution in [2.45, 2.75) is 26.4 Å². The fourth-order valence-electron chi connectivity index (χ4n) is 2.85. The van der Waals surface area contributed by atoms with Crippen molar-refractivity contribution >= 4 is 15.7 Å². The van der Waals surface area contributed by atoms with Crippen LogP contribution in [0.15, 0.2) is 47.1 Å². The maximum atomic E-state index is 12.1. The number of fused-ring (bicyclic) bond motifs is 1. The summed E-state index contributed by atoms with van der Waals surface area (Å²) < 4.78 is 54.6. The minimum atomic E-state index is -3.18. The van der Waals surface area contributed by atoms with Crippen LogP contribution in [0.2, 0.25) is 0 Å². The van der Waals surface area contributed by atoms with Crippen LogP contribution in [0.3, 0.4) is 0 Å². The number of benzene rings is 1. The van der Waals surface area contributed by atoms with Crippen molar-refractivity contribution < 1.29 is 21.6 Å². The number of nitrogens with one attached hydrogen (secondary N) is 1. The van der Waals surface area contributed by atoms with Crippen molar-refractivity contribution in [1.29, 1.82) is 0 Å². The lowest BCUT2D eigenvalue weighted by Gasteiger charge is -2.10. The molecule has 11 heteroatoms. The number of anilines is 1. The van der Waals surface area contributed by atoms with Gasteiger partial charge in [-0.05, 0) is 43.3 Å². The van der Waals surface area contributed by atoms with Gasteiger partial charge in [-0.3, -0.25) is 14.6 Å². The first-order chi connectivity index (χ1) is 14.3. The van der Waals surface area contributed by atoms with E-state index in [1.54, 1.807) is 25.3 Å². The molecule has 4 rings (SSSR count). The van der Waals surface area contributed by atoms with E-state index in [2.05, 4.69) is 24.8 Å². The van der Waals surface area contributed by atoms with Gasteiger partial charge in [0.2, 0.25) is 15.9 Å². The zero-order valence-electron chi connectivity index (χ0n) is 16.4. The lowest BCUT2D eigenvalue weighted by Crippen LogP contribution is -2.16. The molecule has 30 heavy (non-hydrogen) atoms. The predicted octanol–water partition coefficient (Wildman–Crippen LogP) is 3.46. The van der Waals surface area contributed by atoms with E-state index in [0.717, 1.165) is 24.3 Å². The molecule has 0 amide bonds. The van der Waals surface area contributed by atoms with Gasteiger partial charge in [0.1, 0.15) is 0 Å². The van der Waals surface area contributed by atoms with E-state index < -0.39 is 22.3 Å². The van der Waals surface area contributed by atoms with Crippen LogP contribution >= 0.6 is 0 Å². The number of alkyl halides is 2. The van der Waals surface area contributed by atoms with Crippen molar-refractivity contribution in [3.63, 3.8) is 0 Å². The lowest BCUT2D eigenvalue weighted by molar-refractivity contribution is 0.116. The Hall–Kier alpha value is -2.92. The maximum absolute atomic E-state index is 12.1. The largest absolute Gasteiger partial charge is 0.415 e. The molecule has 0 saturated heterocycles. The molecule has 0 spiro atoms. The molecule has 0 aliphatic carbocycles. The van der Waals surface area contributed by atoms with Gasteiger partial charge in [-0.2, -0.15) is 8.78 Å². The summed E-state index contributed by atoms with van der Waals surface area (Å²) in [6, 6.07) is 9.07. The van der Waals surface area contributed by atoms with Crippen molar-refractivity contribution in [3.05, 3.63) is 59.7 Å². The topological polar surface area (TPSA) is 101 Å². The van der Waals surface area contributed by atoms with E-state index in [1.165, 1.54) is 11.8 Å². The van der Waals surface area contributed by atoms with Gasteiger partial charge in [-0.15, -0.1) is 10.2 Å². The first kappa shape index (κ1) is 21.8. The molecule has 0 atom stereocenters. The van der Waals surface area contributed by atoms with E-state index in [1.807, 2.05) is 25.2 Å². The highest BCUT2D eigenvalue weighted by Gasteiger charge is 2.20. The molecule has 160 valence electrons. The summed E-state index contributed by atoms with van der Waals surface area (Å²) in [5.41, 5.74) is 3.55. The molecule has 1 aliphatic heterocycles. The summed E-state index contributed by atoms with van der Waals surface area (Å²) in [5, 5.41) is 6.67. The minimum Gasteiger partial charge on any atom is -0.415 e. The van der Waals surface area contributed by atoms with Gasteiger partial charge in [0.15, 0.2) is 0 Å². The molecular formula is C19H21F2N5O3S. The van der Waals surface area contributed by atoms with Crippen LogP contribution in [0.25, 0.3) is 11.5 Å². The van der Waals surface area contributed by atoms with Crippen LogP contribution in [0, 0.1) is 0 Å². The Morgan fingerprint density at radius 2 is 2.00 bits per heavy atom. The van der Waals surface area contributed by atoms with Crippen molar-refractivity contribution in [3.8, 4) is 11.5 Å². The lowest BCUT2D eigenvalue weighted by atomic mass is 10.1. The maximum Gasteiger partial charge on any atom is 0.314 e. The second-order valence-corrected chi connectivity index (χ2v) is 8.62. The van der Waals surface area contributed by atoms with Gasteiger partial charge < -0.3 is 4.42 Å². The highest BCUT2D eigenvalue weighted by Crippen LogP contribution is 2.28. The molecule has 1 aromatic carbocycles. The molecule has 2 aromatic heterocycles. The minimum absolute atomic E-state index is 0.0494. The van der Waals surface area contributed by atoms with Crippen LogP contribution in [-0.4, -0.2) is 41.3 Å². The smallest absolute Gasteiger partial charge is 0.314 e. The normalized spacial score (nSPS) is 13.6. The average molecular weight is 437 g/mol. The number of nitrogens with zero attached hydrogens (tertiary/aromatic N) is 4. The molecule has 1 N–H and O–H groups in total. The first-order valence-electron chi connectivity index (χ1n) is 9.11. The Morgan fingerprint density at radius 3 is 2.63 bits per heavy atom. The highest BCUT2D eigenvalue weighted by atomic mass is 32.2. The van der Waals surface area contributed by atoms with Gasteiger partial charge in [0, 0.05) is 25.5 Å². The molecule has 0 radical (unpaired) electrons. The molecule has 0 unspecified atom stereocenters. The molecule has 8 nitrogen and oxygen atoms in total. The van der Waals surface area contributed by atoms with Crippen molar-refractivity contribution in [1.82, 2.24) is 20.1 Å². The van der Waals surface area contributed by atoms with E-state index in [4.69, 9.17) is 4.42 Å². The Labute approximate surface area is 173 Å². The Kier molecular flexibility index (Phi) is 6.73. The molecular weight excluding hydrogens is 416 g/mol. The van der Waals surface area contributed by atoms with Crippen LogP contribution in [0.1, 0.15) is 30.4 Å². The highest BCUT2D eigenvalue weighted by molar-refractivity contribution is 7.92. The fourth-order valence-corrected chi connectivity index (χ4v) is 3.52. The van der Waals surface area contributed by atoms with E-state index in [-0.39, 0.29) is 11.6 Å². The van der Waals surface area contributed by atoms with E-state index in [9.17, 15) is 17.2 Å². The molecule has 0 saturated carbocycles. The third-order valence-corrected chi connectivity index (χ3v) is 5.61. The molecule has 1 aliphatic rings. The van der Waals surface area contributed by atoms with Crippen LogP contribution in [0.4, 0.5) is 14.5 Å². The number of rotatable bonds is 5. The van der Waals surface area contributed by atoms with Gasteiger partial charge in [0.25, 0.3) is 5.89 Å². The van der Waals surface area contributed by atoms with Crippen molar-refractivity contribution in [2.24, 2.45) is 0 Å². The second-order valence-electron chi connectivity index (χ2n) is 6.61. The van der Waals surface area contributed by atoms with Crippen LogP contribution in [0.5, 0.6) is 0 Å². The zero-order valence-corrected chi connectivity index (χ0v) is 17.2. The van der Waals surface area contributed by atoms with Crippen molar-refractivity contribution in [2.75, 3.05) is 17.5 Å². The Balaban J connectivity index is 0.000000172. The molecule has 0 bridgehead atoms. The summed E-state index contributed by atoms with van der Waals surface area (Å²) in [7, 11) is -1.15. The van der Waals surface area contributed by atoms with Crippen LogP contribution < -0.4 is 4.72 Å². The summed E-state index contributed by atoms with van der Waals surface area (Å²) in [4.78, 5) is 5.96. The third-order valence-electron chi connectivity index (χ3n) is 4.32.